The first kappa shape index (κ1) is 25.1. The van der Waals surface area contributed by atoms with Crippen LogP contribution in [0.5, 0.6) is 5.75 Å². The van der Waals surface area contributed by atoms with Crippen LogP contribution in [0.3, 0.4) is 0 Å². The van der Waals surface area contributed by atoms with E-state index in [1.54, 1.807) is 72.8 Å². The second kappa shape index (κ2) is 9.59. The summed E-state index contributed by atoms with van der Waals surface area (Å²) < 4.78 is 54.9. The summed E-state index contributed by atoms with van der Waals surface area (Å²) >= 11 is 0. The molecule has 9 nitrogen and oxygen atoms in total. The number of rotatable bonds is 7. The Labute approximate surface area is 209 Å². The number of carbonyl (C=O) groups excluding carboxylic acids is 1. The van der Waals surface area contributed by atoms with Gasteiger partial charge in [0.1, 0.15) is 11.4 Å². The Morgan fingerprint density at radius 3 is 2.08 bits per heavy atom. The van der Waals surface area contributed by atoms with Crippen molar-refractivity contribution in [3.63, 3.8) is 0 Å². The van der Waals surface area contributed by atoms with E-state index < -0.39 is 25.6 Å². The highest BCUT2D eigenvalue weighted by Gasteiger charge is 2.22. The van der Waals surface area contributed by atoms with Crippen molar-refractivity contribution in [3.05, 3.63) is 84.6 Å². The lowest BCUT2D eigenvalue weighted by Gasteiger charge is -2.11. The van der Waals surface area contributed by atoms with Gasteiger partial charge >= 0.3 is 0 Å². The third-order valence-electron chi connectivity index (χ3n) is 5.36. The Hall–Kier alpha value is -3.96. The lowest BCUT2D eigenvalue weighted by molar-refractivity contribution is 0.101. The number of benzene rings is 3. The van der Waals surface area contributed by atoms with E-state index in [0.29, 0.717) is 28.3 Å². The quantitative estimate of drug-likeness (QED) is 0.391. The highest BCUT2D eigenvalue weighted by Crippen LogP contribution is 2.28. The minimum atomic E-state index is -3.67. The van der Waals surface area contributed by atoms with E-state index >= 15 is 0 Å². The SMILES string of the molecule is COc1ccc(-n2nc(S(C)(=O)=O)cc2C(=O)Nc2ccc(-c3ccccc3S(C)(=O)=O)cc2)cc1. The van der Waals surface area contributed by atoms with Gasteiger partial charge in [0, 0.05) is 29.8 Å². The van der Waals surface area contributed by atoms with Gasteiger partial charge in [-0.1, -0.05) is 30.3 Å². The van der Waals surface area contributed by atoms with Crippen molar-refractivity contribution in [1.82, 2.24) is 9.78 Å². The van der Waals surface area contributed by atoms with Gasteiger partial charge in [-0.3, -0.25) is 4.79 Å². The van der Waals surface area contributed by atoms with Crippen LogP contribution in [-0.4, -0.2) is 52.1 Å². The molecule has 0 unspecified atom stereocenters. The molecular weight excluding hydrogens is 502 g/mol. The molecule has 0 aliphatic rings. The molecule has 36 heavy (non-hydrogen) atoms. The second-order valence-electron chi connectivity index (χ2n) is 8.05. The van der Waals surface area contributed by atoms with E-state index in [0.717, 1.165) is 12.5 Å². The van der Waals surface area contributed by atoms with Crippen molar-refractivity contribution in [2.45, 2.75) is 9.92 Å². The molecule has 186 valence electrons. The lowest BCUT2D eigenvalue weighted by atomic mass is 10.1. The van der Waals surface area contributed by atoms with Crippen LogP contribution in [0.2, 0.25) is 0 Å². The summed E-state index contributed by atoms with van der Waals surface area (Å²) in [4.78, 5) is 13.3. The van der Waals surface area contributed by atoms with Gasteiger partial charge < -0.3 is 10.1 Å². The van der Waals surface area contributed by atoms with E-state index in [1.807, 2.05) is 0 Å². The number of methoxy groups -OCH3 is 1. The number of amides is 1. The number of aromatic nitrogens is 2. The maximum Gasteiger partial charge on any atom is 0.274 e. The average Bonchev–Trinajstić information content (AvgIpc) is 3.31. The first-order valence-corrected chi connectivity index (χ1v) is 14.4. The molecule has 0 spiro atoms. The van der Waals surface area contributed by atoms with Gasteiger partial charge in [-0.25, -0.2) is 21.5 Å². The predicted octanol–water partition coefficient (Wildman–Crippen LogP) is 3.61. The number of hydrogen-bond acceptors (Lipinski definition) is 7. The van der Waals surface area contributed by atoms with Crippen LogP contribution in [0.4, 0.5) is 5.69 Å². The third-order valence-corrected chi connectivity index (χ3v) is 7.47. The van der Waals surface area contributed by atoms with Crippen LogP contribution in [0, 0.1) is 0 Å². The summed E-state index contributed by atoms with van der Waals surface area (Å²) in [6, 6.07) is 21.2. The molecule has 3 aromatic carbocycles. The van der Waals surface area contributed by atoms with Crippen molar-refractivity contribution in [1.29, 1.82) is 0 Å². The van der Waals surface area contributed by atoms with Crippen molar-refractivity contribution >= 4 is 31.3 Å². The van der Waals surface area contributed by atoms with E-state index in [4.69, 9.17) is 4.74 Å². The van der Waals surface area contributed by atoms with Crippen LogP contribution in [-0.2, 0) is 19.7 Å². The van der Waals surface area contributed by atoms with Gasteiger partial charge in [0.25, 0.3) is 5.91 Å². The average molecular weight is 526 g/mol. The molecule has 4 aromatic rings. The largest absolute Gasteiger partial charge is 0.497 e. The molecule has 0 aliphatic carbocycles. The molecule has 4 rings (SSSR count). The molecule has 11 heteroatoms. The van der Waals surface area contributed by atoms with Gasteiger partial charge in [-0.2, -0.15) is 5.10 Å². The molecule has 0 bridgehead atoms. The minimum absolute atomic E-state index is 0.0205. The van der Waals surface area contributed by atoms with Crippen LogP contribution in [0.1, 0.15) is 10.5 Å². The number of sulfone groups is 2. The molecule has 0 radical (unpaired) electrons. The Morgan fingerprint density at radius 2 is 1.50 bits per heavy atom. The summed E-state index contributed by atoms with van der Waals surface area (Å²) in [5.74, 6) is 0.0234. The summed E-state index contributed by atoms with van der Waals surface area (Å²) in [7, 11) is -5.58. The highest BCUT2D eigenvalue weighted by atomic mass is 32.2. The standard InChI is InChI=1S/C25H23N3O6S2/c1-34-20-14-12-19(13-15-20)28-22(16-24(27-28)36(3,32)33)25(29)26-18-10-8-17(9-11-18)21-6-4-5-7-23(21)35(2,30)31/h4-16H,1-3H3,(H,26,29). The van der Waals surface area contributed by atoms with Gasteiger partial charge in [0.15, 0.2) is 24.7 Å². The third kappa shape index (κ3) is 5.31. The van der Waals surface area contributed by atoms with Crippen LogP contribution in [0.25, 0.3) is 16.8 Å². The van der Waals surface area contributed by atoms with Crippen molar-refractivity contribution < 1.29 is 26.4 Å². The van der Waals surface area contributed by atoms with Crippen molar-refractivity contribution in [2.24, 2.45) is 0 Å². The molecule has 0 saturated heterocycles. The van der Waals surface area contributed by atoms with Crippen LogP contribution in [0.15, 0.2) is 88.8 Å². The first-order chi connectivity index (χ1) is 17.0. The number of carbonyl (C=O) groups is 1. The molecule has 1 heterocycles. The van der Waals surface area contributed by atoms with E-state index in [1.165, 1.54) is 17.9 Å². The Kier molecular flexibility index (Phi) is 6.70. The zero-order valence-electron chi connectivity index (χ0n) is 19.7. The minimum Gasteiger partial charge on any atom is -0.497 e. The first-order valence-electron chi connectivity index (χ1n) is 10.6. The molecule has 0 fully saturated rings. The zero-order chi connectivity index (χ0) is 26.1. The summed E-state index contributed by atoms with van der Waals surface area (Å²) in [5, 5.41) is 6.63. The number of anilines is 1. The van der Waals surface area contributed by atoms with Gasteiger partial charge in [-0.05, 0) is 48.0 Å². The molecular formula is C25H23N3O6S2. The molecule has 0 atom stereocenters. The fourth-order valence-electron chi connectivity index (χ4n) is 3.58. The predicted molar refractivity (Wildman–Crippen MR) is 136 cm³/mol. The normalized spacial score (nSPS) is 11.8. The van der Waals surface area contributed by atoms with E-state index in [-0.39, 0.29) is 15.6 Å². The molecule has 0 saturated carbocycles. The number of hydrogen-bond donors (Lipinski definition) is 1. The Morgan fingerprint density at radius 1 is 0.861 bits per heavy atom. The smallest absolute Gasteiger partial charge is 0.274 e. The molecule has 1 amide bonds. The summed E-state index contributed by atoms with van der Waals surface area (Å²) in [6.45, 7) is 0. The highest BCUT2D eigenvalue weighted by molar-refractivity contribution is 7.91. The van der Waals surface area contributed by atoms with E-state index in [2.05, 4.69) is 10.4 Å². The summed E-state index contributed by atoms with van der Waals surface area (Å²) in [6.07, 6.45) is 2.17. The second-order valence-corrected chi connectivity index (χ2v) is 12.0. The maximum absolute atomic E-state index is 13.1. The van der Waals surface area contributed by atoms with Gasteiger partial charge in [0.05, 0.1) is 17.7 Å². The van der Waals surface area contributed by atoms with Crippen LogP contribution >= 0.6 is 0 Å². The summed E-state index contributed by atoms with van der Waals surface area (Å²) in [5.41, 5.74) is 2.14. The van der Waals surface area contributed by atoms with E-state index in [9.17, 15) is 21.6 Å². The number of ether oxygens (including phenoxy) is 1. The molecule has 0 aliphatic heterocycles. The maximum atomic E-state index is 13.1. The van der Waals surface area contributed by atoms with Gasteiger partial charge in [0.2, 0.25) is 0 Å². The van der Waals surface area contributed by atoms with Gasteiger partial charge in [-0.15, -0.1) is 0 Å². The fraction of sp³-hybridized carbons (Fsp3) is 0.120. The monoisotopic (exact) mass is 525 g/mol. The Balaban J connectivity index is 1.66. The molecule has 1 N–H and O–H groups in total. The zero-order valence-corrected chi connectivity index (χ0v) is 21.3. The number of nitrogens with one attached hydrogen (secondary N) is 1. The lowest BCUT2D eigenvalue weighted by Crippen LogP contribution is -2.17. The molecule has 1 aromatic heterocycles. The van der Waals surface area contributed by atoms with Crippen molar-refractivity contribution in [2.75, 3.05) is 24.9 Å². The van der Waals surface area contributed by atoms with Crippen LogP contribution < -0.4 is 10.1 Å². The fourth-order valence-corrected chi connectivity index (χ4v) is 5.05. The number of nitrogens with zero attached hydrogens (tertiary/aromatic N) is 2. The Bertz CT molecular complexity index is 1640. The topological polar surface area (TPSA) is 124 Å². The van der Waals surface area contributed by atoms with Crippen molar-refractivity contribution in [3.8, 4) is 22.6 Å².